The second kappa shape index (κ2) is 7.25. The van der Waals surface area contributed by atoms with Gasteiger partial charge in [-0.1, -0.05) is 17.7 Å². The fourth-order valence-corrected chi connectivity index (χ4v) is 2.87. The number of esters is 1. The van der Waals surface area contributed by atoms with Crippen molar-refractivity contribution in [3.05, 3.63) is 69.9 Å². The van der Waals surface area contributed by atoms with Crippen molar-refractivity contribution in [2.75, 3.05) is 17.3 Å². The highest BCUT2D eigenvalue weighted by Crippen LogP contribution is 2.31. The van der Waals surface area contributed by atoms with Crippen LogP contribution in [0.4, 0.5) is 11.4 Å². The summed E-state index contributed by atoms with van der Waals surface area (Å²) in [5, 5.41) is 2.68. The minimum Gasteiger partial charge on any atom is -0.465 e. The average Bonchev–Trinajstić information content (AvgIpc) is 2.87. The van der Waals surface area contributed by atoms with E-state index in [0.29, 0.717) is 16.9 Å². The number of nitrogens with one attached hydrogen (secondary N) is 1. The third-order valence-electron chi connectivity index (χ3n) is 4.35. The Labute approximate surface area is 161 Å². The number of carbonyl (C=O) groups is 3. The number of rotatable bonds is 4. The second-order valence-corrected chi connectivity index (χ2v) is 6.48. The van der Waals surface area contributed by atoms with Gasteiger partial charge in [0.15, 0.2) is 0 Å². The first-order valence-corrected chi connectivity index (χ1v) is 8.52. The fourth-order valence-electron chi connectivity index (χ4n) is 2.66. The van der Waals surface area contributed by atoms with Gasteiger partial charge in [-0.05, 0) is 61.4 Å². The Kier molecular flexibility index (Phi) is 5.01. The minimum absolute atomic E-state index is 0.00860. The molecular weight excluding hydrogens is 368 g/mol. The molecule has 7 heteroatoms. The topological polar surface area (TPSA) is 75.7 Å². The van der Waals surface area contributed by atoms with Gasteiger partial charge < -0.3 is 10.1 Å². The third kappa shape index (κ3) is 3.44. The molecule has 0 atom stereocenters. The second-order valence-electron chi connectivity index (χ2n) is 6.10. The number of ether oxygens (including phenoxy) is 1. The van der Waals surface area contributed by atoms with E-state index in [-0.39, 0.29) is 10.7 Å². The quantitative estimate of drug-likeness (QED) is 0.644. The summed E-state index contributed by atoms with van der Waals surface area (Å²) in [6, 6.07) is 11.6. The largest absolute Gasteiger partial charge is 0.465 e. The number of hydrogen-bond acceptors (Lipinski definition) is 5. The molecule has 0 aromatic heterocycles. The molecule has 0 saturated carbocycles. The number of carbonyl (C=O) groups excluding carboxylic acids is 3. The highest BCUT2D eigenvalue weighted by molar-refractivity contribution is 6.53. The molecule has 0 radical (unpaired) electrons. The van der Waals surface area contributed by atoms with Gasteiger partial charge in [-0.2, -0.15) is 0 Å². The van der Waals surface area contributed by atoms with Crippen LogP contribution in [-0.4, -0.2) is 24.9 Å². The van der Waals surface area contributed by atoms with Crippen molar-refractivity contribution >= 4 is 40.8 Å². The zero-order valence-electron chi connectivity index (χ0n) is 15.0. The van der Waals surface area contributed by atoms with E-state index < -0.39 is 17.8 Å². The van der Waals surface area contributed by atoms with E-state index in [1.54, 1.807) is 36.4 Å². The predicted octanol–water partition coefficient (Wildman–Crippen LogP) is 3.53. The Bertz CT molecular complexity index is 980. The zero-order chi connectivity index (χ0) is 19.7. The van der Waals surface area contributed by atoms with E-state index in [1.165, 1.54) is 7.11 Å². The number of halogens is 1. The summed E-state index contributed by atoms with van der Waals surface area (Å²) in [6.45, 7) is 3.85. The van der Waals surface area contributed by atoms with E-state index in [4.69, 9.17) is 11.6 Å². The number of anilines is 2. The molecule has 2 aromatic carbocycles. The number of nitrogens with zero attached hydrogens (tertiary/aromatic N) is 1. The van der Waals surface area contributed by atoms with Crippen LogP contribution in [0.25, 0.3) is 0 Å². The van der Waals surface area contributed by atoms with Gasteiger partial charge in [-0.15, -0.1) is 0 Å². The Morgan fingerprint density at radius 3 is 2.26 bits per heavy atom. The van der Waals surface area contributed by atoms with Crippen molar-refractivity contribution in [1.29, 1.82) is 0 Å². The lowest BCUT2D eigenvalue weighted by molar-refractivity contribution is -0.120. The van der Waals surface area contributed by atoms with Gasteiger partial charge in [0, 0.05) is 5.69 Å². The first-order valence-electron chi connectivity index (χ1n) is 8.14. The number of methoxy groups -OCH3 is 1. The number of imide groups is 1. The van der Waals surface area contributed by atoms with Gasteiger partial charge in [0.2, 0.25) is 0 Å². The molecule has 138 valence electrons. The summed E-state index contributed by atoms with van der Waals surface area (Å²) < 4.78 is 4.64. The van der Waals surface area contributed by atoms with Gasteiger partial charge in [0.25, 0.3) is 11.8 Å². The van der Waals surface area contributed by atoms with E-state index in [0.717, 1.165) is 16.0 Å². The SMILES string of the molecule is COC(=O)c1ccc(NC2=C(Cl)C(=O)N(c3ccc(C)c(C)c3)C2=O)cc1. The molecule has 1 heterocycles. The molecule has 0 fully saturated rings. The summed E-state index contributed by atoms with van der Waals surface area (Å²) in [5.74, 6) is -1.59. The van der Waals surface area contributed by atoms with Crippen molar-refractivity contribution in [3.63, 3.8) is 0 Å². The fraction of sp³-hybridized carbons (Fsp3) is 0.150. The molecule has 0 unspecified atom stereocenters. The molecule has 0 spiro atoms. The summed E-state index contributed by atoms with van der Waals surface area (Å²) in [5.41, 5.74) is 3.35. The summed E-state index contributed by atoms with van der Waals surface area (Å²) in [7, 11) is 1.29. The maximum atomic E-state index is 12.8. The Morgan fingerprint density at radius 1 is 1.00 bits per heavy atom. The van der Waals surface area contributed by atoms with Crippen LogP contribution in [0, 0.1) is 13.8 Å². The van der Waals surface area contributed by atoms with Crippen LogP contribution in [-0.2, 0) is 14.3 Å². The van der Waals surface area contributed by atoms with Crippen molar-refractivity contribution in [2.45, 2.75) is 13.8 Å². The van der Waals surface area contributed by atoms with E-state index in [9.17, 15) is 14.4 Å². The maximum Gasteiger partial charge on any atom is 0.337 e. The zero-order valence-corrected chi connectivity index (χ0v) is 15.8. The summed E-state index contributed by atoms with van der Waals surface area (Å²) >= 11 is 6.12. The smallest absolute Gasteiger partial charge is 0.337 e. The first kappa shape index (κ1) is 18.7. The maximum absolute atomic E-state index is 12.8. The van der Waals surface area contributed by atoms with Crippen LogP contribution in [0.5, 0.6) is 0 Å². The minimum atomic E-state index is -0.585. The number of benzene rings is 2. The highest BCUT2D eigenvalue weighted by Gasteiger charge is 2.39. The van der Waals surface area contributed by atoms with Gasteiger partial charge in [0.1, 0.15) is 10.7 Å². The number of amides is 2. The van der Waals surface area contributed by atoms with Crippen molar-refractivity contribution in [1.82, 2.24) is 0 Å². The summed E-state index contributed by atoms with van der Waals surface area (Å²) in [4.78, 5) is 37.8. The lowest BCUT2D eigenvalue weighted by Gasteiger charge is -2.16. The molecule has 2 aromatic rings. The van der Waals surface area contributed by atoms with Crippen LogP contribution in [0.3, 0.4) is 0 Å². The molecular formula is C20H17ClN2O4. The van der Waals surface area contributed by atoms with Crippen LogP contribution in [0.1, 0.15) is 21.5 Å². The van der Waals surface area contributed by atoms with Crippen molar-refractivity contribution in [3.8, 4) is 0 Å². The van der Waals surface area contributed by atoms with E-state index in [2.05, 4.69) is 10.1 Å². The lowest BCUT2D eigenvalue weighted by atomic mass is 10.1. The molecule has 0 saturated heterocycles. The summed E-state index contributed by atoms with van der Waals surface area (Å²) in [6.07, 6.45) is 0. The monoisotopic (exact) mass is 384 g/mol. The van der Waals surface area contributed by atoms with Gasteiger partial charge in [-0.25, -0.2) is 9.69 Å². The van der Waals surface area contributed by atoms with Crippen LogP contribution >= 0.6 is 11.6 Å². The number of aryl methyl sites for hydroxylation is 2. The Balaban J connectivity index is 1.86. The molecule has 0 bridgehead atoms. The predicted molar refractivity (Wildman–Crippen MR) is 103 cm³/mol. The molecule has 0 aliphatic carbocycles. The Hall–Kier alpha value is -3.12. The van der Waals surface area contributed by atoms with E-state index in [1.807, 2.05) is 19.9 Å². The van der Waals surface area contributed by atoms with E-state index >= 15 is 0 Å². The van der Waals surface area contributed by atoms with Gasteiger partial charge >= 0.3 is 5.97 Å². The standard InChI is InChI=1S/C20H17ClN2O4/c1-11-4-9-15(10-12(11)2)23-18(24)16(21)17(19(23)25)22-14-7-5-13(6-8-14)20(26)27-3/h4-10,22H,1-3H3. The van der Waals surface area contributed by atoms with Gasteiger partial charge in [0.05, 0.1) is 18.4 Å². The molecule has 1 aliphatic heterocycles. The first-order chi connectivity index (χ1) is 12.8. The molecule has 1 aliphatic rings. The average molecular weight is 385 g/mol. The molecule has 3 rings (SSSR count). The molecule has 1 N–H and O–H groups in total. The normalized spacial score (nSPS) is 14.0. The van der Waals surface area contributed by atoms with Crippen LogP contribution in [0.2, 0.25) is 0 Å². The van der Waals surface area contributed by atoms with Crippen molar-refractivity contribution in [2.24, 2.45) is 0 Å². The molecule has 6 nitrogen and oxygen atoms in total. The molecule has 2 amide bonds. The third-order valence-corrected chi connectivity index (χ3v) is 4.70. The van der Waals surface area contributed by atoms with Crippen molar-refractivity contribution < 1.29 is 19.1 Å². The number of hydrogen-bond donors (Lipinski definition) is 1. The molecule has 27 heavy (non-hydrogen) atoms. The van der Waals surface area contributed by atoms with Gasteiger partial charge in [-0.3, -0.25) is 9.59 Å². The Morgan fingerprint density at radius 2 is 1.67 bits per heavy atom. The van der Waals surface area contributed by atoms with Crippen LogP contribution < -0.4 is 10.2 Å². The lowest BCUT2D eigenvalue weighted by Crippen LogP contribution is -2.32. The van der Waals surface area contributed by atoms with Crippen LogP contribution in [0.15, 0.2) is 53.2 Å². The highest BCUT2D eigenvalue weighted by atomic mass is 35.5.